The summed E-state index contributed by atoms with van der Waals surface area (Å²) in [6, 6.07) is 0. The largest absolute Gasteiger partial charge is 0.396 e. The molecule has 1 aliphatic rings. The monoisotopic (exact) mass is 277 g/mol. The van der Waals surface area contributed by atoms with Crippen molar-refractivity contribution in [3.8, 4) is 0 Å². The number of sulfonamides is 1. The topological polar surface area (TPSA) is 66.4 Å². The summed E-state index contributed by atoms with van der Waals surface area (Å²) in [6.45, 7) is 2.92. The lowest BCUT2D eigenvalue weighted by Crippen LogP contribution is -2.29. The van der Waals surface area contributed by atoms with Gasteiger partial charge in [-0.15, -0.1) is 0 Å². The summed E-state index contributed by atoms with van der Waals surface area (Å²) < 4.78 is 25.9. The van der Waals surface area contributed by atoms with E-state index in [1.54, 1.807) is 0 Å². The highest BCUT2D eigenvalue weighted by Crippen LogP contribution is 2.30. The van der Waals surface area contributed by atoms with Gasteiger partial charge in [0, 0.05) is 13.2 Å². The van der Waals surface area contributed by atoms with Crippen molar-refractivity contribution in [1.82, 2.24) is 4.72 Å². The van der Waals surface area contributed by atoms with E-state index in [0.29, 0.717) is 25.3 Å². The van der Waals surface area contributed by atoms with Crippen molar-refractivity contribution in [3.05, 3.63) is 0 Å². The van der Waals surface area contributed by atoms with Crippen LogP contribution in [0.25, 0.3) is 0 Å². The van der Waals surface area contributed by atoms with Crippen LogP contribution >= 0.6 is 0 Å². The minimum Gasteiger partial charge on any atom is -0.396 e. The van der Waals surface area contributed by atoms with E-state index in [9.17, 15) is 8.42 Å². The molecule has 0 amide bonds. The van der Waals surface area contributed by atoms with Gasteiger partial charge < -0.3 is 5.11 Å². The summed E-state index contributed by atoms with van der Waals surface area (Å²) >= 11 is 0. The van der Waals surface area contributed by atoms with Crippen LogP contribution in [-0.4, -0.2) is 32.4 Å². The molecular weight excluding hydrogens is 250 g/mol. The molecular formula is C13H27NO3S. The first-order chi connectivity index (χ1) is 8.53. The Kier molecular flexibility index (Phi) is 7.19. The molecule has 108 valence electrons. The maximum Gasteiger partial charge on any atom is 0.211 e. The third kappa shape index (κ3) is 6.71. The first-order valence-corrected chi connectivity index (χ1v) is 8.77. The van der Waals surface area contributed by atoms with Crippen molar-refractivity contribution in [2.75, 3.05) is 18.9 Å². The van der Waals surface area contributed by atoms with Crippen molar-refractivity contribution in [3.63, 3.8) is 0 Å². The van der Waals surface area contributed by atoms with Gasteiger partial charge in [-0.1, -0.05) is 26.2 Å². The van der Waals surface area contributed by atoms with Gasteiger partial charge in [0.1, 0.15) is 0 Å². The number of rotatable bonds is 8. The molecule has 1 rings (SSSR count). The number of hydrogen-bond donors (Lipinski definition) is 2. The van der Waals surface area contributed by atoms with E-state index in [1.165, 1.54) is 25.7 Å². The number of aliphatic hydroxyl groups excluding tert-OH is 1. The molecule has 0 spiro atoms. The molecule has 4 nitrogen and oxygen atoms in total. The first kappa shape index (κ1) is 15.9. The Bertz CT molecular complexity index is 316. The van der Waals surface area contributed by atoms with Crippen molar-refractivity contribution in [2.45, 2.75) is 51.9 Å². The average Bonchev–Trinajstić information content (AvgIpc) is 2.29. The zero-order valence-corrected chi connectivity index (χ0v) is 12.2. The molecule has 1 saturated carbocycles. The minimum atomic E-state index is -3.13. The number of unbranched alkanes of at least 4 members (excludes halogenated alkanes) is 1. The summed E-state index contributed by atoms with van der Waals surface area (Å²) in [5.74, 6) is 1.62. The Balaban J connectivity index is 2.15. The zero-order valence-electron chi connectivity index (χ0n) is 11.4. The Morgan fingerprint density at radius 3 is 2.72 bits per heavy atom. The Morgan fingerprint density at radius 1 is 1.28 bits per heavy atom. The van der Waals surface area contributed by atoms with Gasteiger partial charge in [0.2, 0.25) is 10.0 Å². The van der Waals surface area contributed by atoms with Crippen molar-refractivity contribution in [1.29, 1.82) is 0 Å². The molecule has 2 unspecified atom stereocenters. The smallest absolute Gasteiger partial charge is 0.211 e. The molecule has 2 atom stereocenters. The average molecular weight is 277 g/mol. The highest BCUT2D eigenvalue weighted by molar-refractivity contribution is 7.89. The van der Waals surface area contributed by atoms with Crippen LogP contribution in [-0.2, 0) is 10.0 Å². The van der Waals surface area contributed by atoms with Gasteiger partial charge in [-0.2, -0.15) is 0 Å². The molecule has 0 aromatic rings. The quantitative estimate of drug-likeness (QED) is 0.666. The van der Waals surface area contributed by atoms with Gasteiger partial charge in [0.25, 0.3) is 0 Å². The van der Waals surface area contributed by atoms with Crippen molar-refractivity contribution < 1.29 is 13.5 Å². The second-order valence-electron chi connectivity index (χ2n) is 5.57. The first-order valence-electron chi connectivity index (χ1n) is 7.11. The molecule has 0 aromatic heterocycles. The predicted molar refractivity (Wildman–Crippen MR) is 73.8 cm³/mol. The summed E-state index contributed by atoms with van der Waals surface area (Å²) in [4.78, 5) is 0. The van der Waals surface area contributed by atoms with E-state index in [4.69, 9.17) is 5.11 Å². The van der Waals surface area contributed by atoms with Gasteiger partial charge >= 0.3 is 0 Å². The van der Waals surface area contributed by atoms with Crippen molar-refractivity contribution in [2.24, 2.45) is 11.8 Å². The molecule has 1 aliphatic carbocycles. The van der Waals surface area contributed by atoms with Gasteiger partial charge in [-0.25, -0.2) is 13.1 Å². The van der Waals surface area contributed by atoms with Crippen LogP contribution in [0.15, 0.2) is 0 Å². The number of aliphatic hydroxyl groups is 1. The van der Waals surface area contributed by atoms with E-state index in [2.05, 4.69) is 11.6 Å². The second-order valence-corrected chi connectivity index (χ2v) is 7.50. The maximum absolute atomic E-state index is 11.6. The summed E-state index contributed by atoms with van der Waals surface area (Å²) in [5.41, 5.74) is 0. The van der Waals surface area contributed by atoms with E-state index < -0.39 is 10.0 Å². The highest BCUT2D eigenvalue weighted by atomic mass is 32.2. The molecule has 2 N–H and O–H groups in total. The standard InChI is InChI=1S/C13H27NO3S/c1-12-5-4-6-13(11-12)7-8-14-18(16,17)10-3-2-9-15/h12-15H,2-11H2,1H3. The van der Waals surface area contributed by atoms with E-state index >= 15 is 0 Å². The normalized spacial score (nSPS) is 25.2. The molecule has 1 fully saturated rings. The Labute approximate surface area is 111 Å². The lowest BCUT2D eigenvalue weighted by Gasteiger charge is -2.26. The molecule has 18 heavy (non-hydrogen) atoms. The fourth-order valence-electron chi connectivity index (χ4n) is 2.72. The Morgan fingerprint density at radius 2 is 2.06 bits per heavy atom. The molecule has 0 aromatic carbocycles. The second kappa shape index (κ2) is 8.12. The summed E-state index contributed by atoms with van der Waals surface area (Å²) in [5, 5.41) is 8.62. The predicted octanol–water partition coefficient (Wildman–Crippen LogP) is 1.89. The van der Waals surface area contributed by atoms with Crippen LogP contribution < -0.4 is 4.72 Å². The zero-order chi connectivity index (χ0) is 13.4. The SMILES string of the molecule is CC1CCCC(CCNS(=O)(=O)CCCCO)C1. The lowest BCUT2D eigenvalue weighted by atomic mass is 9.81. The summed E-state index contributed by atoms with van der Waals surface area (Å²) in [6.07, 6.45) is 7.15. The third-order valence-electron chi connectivity index (χ3n) is 3.74. The van der Waals surface area contributed by atoms with Crippen LogP contribution in [0.2, 0.25) is 0 Å². The minimum absolute atomic E-state index is 0.0650. The Hall–Kier alpha value is -0.130. The molecule has 0 heterocycles. The van der Waals surface area contributed by atoms with E-state index in [1.807, 2.05) is 0 Å². The van der Waals surface area contributed by atoms with Crippen molar-refractivity contribution >= 4 is 10.0 Å². The molecule has 0 bridgehead atoms. The van der Waals surface area contributed by atoms with Crippen LogP contribution in [0.3, 0.4) is 0 Å². The fourth-order valence-corrected chi connectivity index (χ4v) is 3.87. The van der Waals surface area contributed by atoms with Crippen LogP contribution in [0, 0.1) is 11.8 Å². The molecule has 0 saturated heterocycles. The highest BCUT2D eigenvalue weighted by Gasteiger charge is 2.19. The van der Waals surface area contributed by atoms with E-state index in [0.717, 1.165) is 12.3 Å². The van der Waals surface area contributed by atoms with Gasteiger partial charge in [0.15, 0.2) is 0 Å². The summed E-state index contributed by atoms with van der Waals surface area (Å²) in [7, 11) is -3.13. The fraction of sp³-hybridized carbons (Fsp3) is 1.00. The molecule has 0 radical (unpaired) electrons. The van der Waals surface area contributed by atoms with Gasteiger partial charge in [0.05, 0.1) is 5.75 Å². The molecule has 5 heteroatoms. The number of hydrogen-bond acceptors (Lipinski definition) is 3. The van der Waals surface area contributed by atoms with Crippen LogP contribution in [0.5, 0.6) is 0 Å². The lowest BCUT2D eigenvalue weighted by molar-refractivity contribution is 0.271. The van der Waals surface area contributed by atoms with Crippen LogP contribution in [0.4, 0.5) is 0 Å². The maximum atomic E-state index is 11.6. The van der Waals surface area contributed by atoms with E-state index in [-0.39, 0.29) is 12.4 Å². The molecule has 0 aliphatic heterocycles. The van der Waals surface area contributed by atoms with Gasteiger partial charge in [-0.05, 0) is 37.5 Å². The number of nitrogens with one attached hydrogen (secondary N) is 1. The van der Waals surface area contributed by atoms with Gasteiger partial charge in [-0.3, -0.25) is 0 Å². The third-order valence-corrected chi connectivity index (χ3v) is 5.21. The van der Waals surface area contributed by atoms with Crippen LogP contribution in [0.1, 0.15) is 51.9 Å².